The molecule has 62 valence electrons. The predicted molar refractivity (Wildman–Crippen MR) is 40.6 cm³/mol. The van der Waals surface area contributed by atoms with Gasteiger partial charge in [-0.15, -0.1) is 24.8 Å². The second-order valence-electron chi connectivity index (χ2n) is 2.16. The van der Waals surface area contributed by atoms with Crippen molar-refractivity contribution in [2.75, 3.05) is 6.61 Å². The lowest BCUT2D eigenvalue weighted by Crippen LogP contribution is -2.19. The highest BCUT2D eigenvalue weighted by Gasteiger charge is 2.31. The summed E-state index contributed by atoms with van der Waals surface area (Å²) in [7, 11) is 0. The molecule has 0 aliphatic carbocycles. The molecular weight excluding hydrogens is 179 g/mol. The van der Waals surface area contributed by atoms with Crippen molar-refractivity contribution in [3.8, 4) is 0 Å². The molecule has 0 N–H and O–H groups in total. The molecule has 10 heavy (non-hydrogen) atoms. The van der Waals surface area contributed by atoms with Crippen LogP contribution in [-0.2, 0) is 14.3 Å². The summed E-state index contributed by atoms with van der Waals surface area (Å²) in [5.74, 6) is -0.966. The van der Waals surface area contributed by atoms with Crippen LogP contribution in [0.4, 0.5) is 0 Å². The minimum Gasteiger partial charge on any atom is -0.432 e. The molecule has 0 saturated carbocycles. The van der Waals surface area contributed by atoms with E-state index in [0.717, 1.165) is 0 Å². The Balaban J connectivity index is 0. The highest BCUT2D eigenvalue weighted by Crippen LogP contribution is 2.16. The first-order valence-electron chi connectivity index (χ1n) is 2.46. The van der Waals surface area contributed by atoms with Gasteiger partial charge in [-0.2, -0.15) is 0 Å². The Morgan fingerprint density at radius 2 is 1.90 bits per heavy atom. The van der Waals surface area contributed by atoms with Crippen LogP contribution in [0.2, 0.25) is 0 Å². The van der Waals surface area contributed by atoms with Crippen molar-refractivity contribution in [1.29, 1.82) is 0 Å². The van der Waals surface area contributed by atoms with E-state index in [1.165, 1.54) is 0 Å². The van der Waals surface area contributed by atoms with E-state index in [0.29, 0.717) is 0 Å². The van der Waals surface area contributed by atoms with Gasteiger partial charge >= 0.3 is 5.97 Å². The third-order valence-corrected chi connectivity index (χ3v) is 0.897. The molecule has 0 spiro atoms. The summed E-state index contributed by atoms with van der Waals surface area (Å²) in [6, 6.07) is 0. The Hall–Kier alpha value is 0.01000. The molecule has 0 amide bonds. The summed E-state index contributed by atoms with van der Waals surface area (Å²) in [6.45, 7) is 3.50. The molecule has 1 heterocycles. The van der Waals surface area contributed by atoms with E-state index in [2.05, 4.69) is 4.74 Å². The highest BCUT2D eigenvalue weighted by molar-refractivity contribution is 5.85. The molecule has 0 unspecified atom stereocenters. The maximum absolute atomic E-state index is 10.3. The van der Waals surface area contributed by atoms with Crippen molar-refractivity contribution >= 4 is 30.8 Å². The minimum absolute atomic E-state index is 0. The first-order chi connectivity index (χ1) is 3.60. The zero-order chi connectivity index (χ0) is 6.20. The first-order valence-corrected chi connectivity index (χ1v) is 2.46. The van der Waals surface area contributed by atoms with E-state index in [9.17, 15) is 4.79 Å². The van der Waals surface area contributed by atoms with Gasteiger partial charge in [-0.3, -0.25) is 0 Å². The summed E-state index contributed by atoms with van der Waals surface area (Å²) in [4.78, 5) is 10.3. The number of cyclic esters (lactones) is 1. The third-order valence-electron chi connectivity index (χ3n) is 0.897. The van der Waals surface area contributed by atoms with E-state index in [4.69, 9.17) is 4.74 Å². The van der Waals surface area contributed by atoms with Crippen LogP contribution < -0.4 is 0 Å². The summed E-state index contributed by atoms with van der Waals surface area (Å²) in [5.41, 5.74) is 0. The van der Waals surface area contributed by atoms with Crippen LogP contribution in [0.5, 0.6) is 0 Å². The quantitative estimate of drug-likeness (QED) is 0.536. The molecule has 0 bridgehead atoms. The van der Waals surface area contributed by atoms with Gasteiger partial charge in [0.15, 0.2) is 0 Å². The fourth-order valence-electron chi connectivity index (χ4n) is 0.566. The van der Waals surface area contributed by atoms with Gasteiger partial charge in [0.05, 0.1) is 0 Å². The van der Waals surface area contributed by atoms with E-state index < -0.39 is 5.79 Å². The smallest absolute Gasteiger partial charge is 0.334 e. The SMILES string of the molecule is CC1(C)OCC(=O)O1.Cl.Cl. The molecule has 0 atom stereocenters. The Morgan fingerprint density at radius 3 is 2.00 bits per heavy atom. The summed E-state index contributed by atoms with van der Waals surface area (Å²) >= 11 is 0. The average Bonchev–Trinajstić information content (AvgIpc) is 1.82. The van der Waals surface area contributed by atoms with Gasteiger partial charge in [-0.1, -0.05) is 0 Å². The molecule has 1 aliphatic heterocycles. The molecule has 1 fully saturated rings. The number of halogens is 2. The lowest BCUT2D eigenvalue weighted by Gasteiger charge is -2.13. The molecule has 1 rings (SSSR count). The van der Waals surface area contributed by atoms with Crippen LogP contribution in [0.25, 0.3) is 0 Å². The van der Waals surface area contributed by atoms with Crippen molar-refractivity contribution < 1.29 is 14.3 Å². The molecule has 3 nitrogen and oxygen atoms in total. The van der Waals surface area contributed by atoms with Crippen LogP contribution in [0.3, 0.4) is 0 Å². The molecule has 1 aliphatic rings. The standard InChI is InChI=1S/C5H8O3.2ClH/c1-5(2)7-3-4(6)8-5;;/h3H2,1-2H3;2*1H. The summed E-state index contributed by atoms with van der Waals surface area (Å²) in [6.07, 6.45) is 0. The second-order valence-corrected chi connectivity index (χ2v) is 2.16. The second kappa shape index (κ2) is 4.01. The predicted octanol–water partition coefficient (Wildman–Crippen LogP) is 1.14. The van der Waals surface area contributed by atoms with Gasteiger partial charge in [0.2, 0.25) is 5.79 Å². The van der Waals surface area contributed by atoms with Gasteiger partial charge < -0.3 is 9.47 Å². The average molecular weight is 189 g/mol. The lowest BCUT2D eigenvalue weighted by atomic mass is 10.4. The van der Waals surface area contributed by atoms with E-state index >= 15 is 0 Å². The molecule has 0 aromatic carbocycles. The van der Waals surface area contributed by atoms with Crippen LogP contribution in [0, 0.1) is 0 Å². The highest BCUT2D eigenvalue weighted by atomic mass is 35.5. The van der Waals surface area contributed by atoms with Crippen LogP contribution in [0.1, 0.15) is 13.8 Å². The number of rotatable bonds is 0. The van der Waals surface area contributed by atoms with E-state index in [1.54, 1.807) is 13.8 Å². The largest absolute Gasteiger partial charge is 0.432 e. The van der Waals surface area contributed by atoms with Gasteiger partial charge in [-0.05, 0) is 0 Å². The number of hydrogen-bond acceptors (Lipinski definition) is 3. The molecule has 0 aromatic heterocycles. The number of carbonyl (C=O) groups excluding carboxylic acids is 1. The Labute approximate surface area is 71.9 Å². The van der Waals surface area contributed by atoms with Gasteiger partial charge in [0.1, 0.15) is 6.61 Å². The third kappa shape index (κ3) is 3.25. The van der Waals surface area contributed by atoms with Crippen molar-refractivity contribution in [2.24, 2.45) is 0 Å². The fourth-order valence-corrected chi connectivity index (χ4v) is 0.566. The van der Waals surface area contributed by atoms with Gasteiger partial charge in [0, 0.05) is 13.8 Å². The monoisotopic (exact) mass is 188 g/mol. The molecule has 0 radical (unpaired) electrons. The van der Waals surface area contributed by atoms with Gasteiger partial charge in [-0.25, -0.2) is 4.79 Å². The summed E-state index contributed by atoms with van der Waals surface area (Å²) < 4.78 is 9.57. The Bertz CT molecular complexity index is 124. The maximum atomic E-state index is 10.3. The molecule has 1 saturated heterocycles. The van der Waals surface area contributed by atoms with Crippen LogP contribution >= 0.6 is 24.8 Å². The molecule has 0 aromatic rings. The zero-order valence-electron chi connectivity index (χ0n) is 5.75. The van der Waals surface area contributed by atoms with Crippen LogP contribution in [-0.4, -0.2) is 18.4 Å². The Morgan fingerprint density at radius 1 is 1.40 bits per heavy atom. The maximum Gasteiger partial charge on any atom is 0.334 e. The fraction of sp³-hybridized carbons (Fsp3) is 0.800. The van der Waals surface area contributed by atoms with Crippen molar-refractivity contribution in [2.45, 2.75) is 19.6 Å². The molecule has 5 heteroatoms. The Kier molecular flexibility index (Phi) is 5.08. The topological polar surface area (TPSA) is 35.5 Å². The van der Waals surface area contributed by atoms with Crippen molar-refractivity contribution in [3.05, 3.63) is 0 Å². The number of carbonyl (C=O) groups is 1. The summed E-state index contributed by atoms with van der Waals surface area (Å²) in [5, 5.41) is 0. The van der Waals surface area contributed by atoms with Gasteiger partial charge in [0.25, 0.3) is 0 Å². The minimum atomic E-state index is -0.683. The van der Waals surface area contributed by atoms with Crippen LogP contribution in [0.15, 0.2) is 0 Å². The number of ether oxygens (including phenoxy) is 2. The van der Waals surface area contributed by atoms with E-state index in [-0.39, 0.29) is 37.4 Å². The van der Waals surface area contributed by atoms with E-state index in [1.807, 2.05) is 0 Å². The number of hydrogen-bond donors (Lipinski definition) is 0. The zero-order valence-corrected chi connectivity index (χ0v) is 7.38. The first kappa shape index (κ1) is 12.7. The van der Waals surface area contributed by atoms with Crippen molar-refractivity contribution in [3.63, 3.8) is 0 Å². The lowest BCUT2D eigenvalue weighted by molar-refractivity contribution is -0.159. The number of esters is 1. The van der Waals surface area contributed by atoms with Crippen molar-refractivity contribution in [1.82, 2.24) is 0 Å². The normalized spacial score (nSPS) is 20.4. The molecular formula is C5H10Cl2O3.